The van der Waals surface area contributed by atoms with Crippen LogP contribution in [0.1, 0.15) is 20.8 Å². The Hall–Kier alpha value is -0.730. The Morgan fingerprint density at radius 2 is 1.70 bits per heavy atom. The van der Waals surface area contributed by atoms with Crippen LogP contribution in [-0.4, -0.2) is 30.6 Å². The van der Waals surface area contributed by atoms with Crippen molar-refractivity contribution in [1.82, 2.24) is 10.2 Å². The summed E-state index contributed by atoms with van der Waals surface area (Å²) >= 11 is 0. The normalized spacial score (nSPS) is 10.9. The summed E-state index contributed by atoms with van der Waals surface area (Å²) in [6.45, 7) is 5.69. The maximum Gasteiger partial charge on any atom is 0.338 e. The van der Waals surface area contributed by atoms with Crippen molar-refractivity contribution in [3.8, 4) is 0 Å². The van der Waals surface area contributed by atoms with Gasteiger partial charge in [0.2, 0.25) is 0 Å². The molecular formula is C7H15N2O. The predicted molar refractivity (Wildman–Crippen MR) is 41.0 cm³/mol. The summed E-state index contributed by atoms with van der Waals surface area (Å²) in [5, 5.41) is 3.90. The fourth-order valence-electron chi connectivity index (χ4n) is 0.387. The molecule has 1 radical (unpaired) electrons. The third-order valence-electron chi connectivity index (χ3n) is 0.814. The highest BCUT2D eigenvalue weighted by Gasteiger charge is 2.16. The van der Waals surface area contributed by atoms with Gasteiger partial charge in [0, 0.05) is 14.1 Å². The van der Waals surface area contributed by atoms with E-state index in [1.54, 1.807) is 14.1 Å². The Morgan fingerprint density at radius 3 is 1.80 bits per heavy atom. The van der Waals surface area contributed by atoms with Gasteiger partial charge in [-0.15, -0.1) is 0 Å². The molecule has 0 aromatic heterocycles. The molecule has 0 bridgehead atoms. The molecule has 0 saturated carbocycles. The lowest BCUT2D eigenvalue weighted by atomic mass is 10.1. The fraction of sp³-hybridized carbons (Fsp3) is 0.857. The van der Waals surface area contributed by atoms with Gasteiger partial charge in [-0.05, 0) is 20.8 Å². The van der Waals surface area contributed by atoms with E-state index < -0.39 is 0 Å². The first-order valence-electron chi connectivity index (χ1n) is 3.27. The summed E-state index contributed by atoms with van der Waals surface area (Å²) in [5.41, 5.74) is -0.263. The van der Waals surface area contributed by atoms with Crippen molar-refractivity contribution in [1.29, 1.82) is 0 Å². The van der Waals surface area contributed by atoms with E-state index in [2.05, 4.69) is 5.32 Å². The number of carbonyl (C=O) groups excluding carboxylic acids is 1. The van der Waals surface area contributed by atoms with Gasteiger partial charge in [-0.1, -0.05) is 0 Å². The van der Waals surface area contributed by atoms with Crippen LogP contribution in [-0.2, 0) is 0 Å². The molecule has 2 amide bonds. The van der Waals surface area contributed by atoms with Gasteiger partial charge in [-0.25, -0.2) is 10.1 Å². The molecule has 0 aromatic rings. The van der Waals surface area contributed by atoms with Crippen LogP contribution in [0, 0.1) is 0 Å². The van der Waals surface area contributed by atoms with Crippen LogP contribution in [0.25, 0.3) is 0 Å². The Bertz CT molecular complexity index is 124. The zero-order chi connectivity index (χ0) is 8.36. The minimum absolute atomic E-state index is 0.174. The molecule has 0 spiro atoms. The summed E-state index contributed by atoms with van der Waals surface area (Å²) in [6.07, 6.45) is 0. The molecule has 0 aliphatic rings. The maximum absolute atomic E-state index is 10.9. The molecule has 10 heavy (non-hydrogen) atoms. The maximum atomic E-state index is 10.9. The largest absolute Gasteiger partial charge is 0.338 e. The van der Waals surface area contributed by atoms with Gasteiger partial charge >= 0.3 is 6.03 Å². The van der Waals surface area contributed by atoms with Gasteiger partial charge in [0.05, 0.1) is 5.54 Å². The van der Waals surface area contributed by atoms with E-state index in [0.29, 0.717) is 0 Å². The molecule has 0 aliphatic heterocycles. The zero-order valence-corrected chi connectivity index (χ0v) is 7.30. The number of urea groups is 1. The second-order valence-corrected chi connectivity index (χ2v) is 3.46. The first-order chi connectivity index (χ1) is 4.33. The van der Waals surface area contributed by atoms with Crippen molar-refractivity contribution in [3.63, 3.8) is 0 Å². The molecule has 0 N–H and O–H groups in total. The molecule has 0 aromatic carbocycles. The van der Waals surface area contributed by atoms with Crippen molar-refractivity contribution >= 4 is 6.03 Å². The lowest BCUT2D eigenvalue weighted by Crippen LogP contribution is -2.39. The highest BCUT2D eigenvalue weighted by atomic mass is 16.2. The van der Waals surface area contributed by atoms with Crippen molar-refractivity contribution < 1.29 is 4.79 Å². The number of amides is 2. The average Bonchev–Trinajstić information content (AvgIpc) is 1.60. The summed E-state index contributed by atoms with van der Waals surface area (Å²) < 4.78 is 0. The number of carbonyl (C=O) groups is 1. The molecular weight excluding hydrogens is 128 g/mol. The lowest BCUT2D eigenvalue weighted by molar-refractivity contribution is 0.206. The highest BCUT2D eigenvalue weighted by molar-refractivity contribution is 5.73. The molecule has 0 fully saturated rings. The van der Waals surface area contributed by atoms with Gasteiger partial charge in [0.1, 0.15) is 0 Å². The van der Waals surface area contributed by atoms with Crippen LogP contribution >= 0.6 is 0 Å². The molecule has 3 nitrogen and oxygen atoms in total. The molecule has 0 unspecified atom stereocenters. The monoisotopic (exact) mass is 143 g/mol. The van der Waals surface area contributed by atoms with Crippen LogP contribution in [0.2, 0.25) is 0 Å². The SMILES string of the molecule is CN(C)C(=O)[N]C(C)(C)C. The third-order valence-corrected chi connectivity index (χ3v) is 0.814. The van der Waals surface area contributed by atoms with Crippen molar-refractivity contribution in [2.24, 2.45) is 0 Å². The van der Waals surface area contributed by atoms with E-state index in [0.717, 1.165) is 0 Å². The second-order valence-electron chi connectivity index (χ2n) is 3.46. The quantitative estimate of drug-likeness (QED) is 0.499. The molecule has 59 valence electrons. The molecule has 0 saturated heterocycles. The van der Waals surface area contributed by atoms with Gasteiger partial charge in [0.15, 0.2) is 0 Å². The number of hydrogen-bond donors (Lipinski definition) is 0. The minimum atomic E-state index is -0.263. The van der Waals surface area contributed by atoms with E-state index in [1.807, 2.05) is 20.8 Å². The van der Waals surface area contributed by atoms with Crippen LogP contribution in [0.15, 0.2) is 0 Å². The average molecular weight is 143 g/mol. The summed E-state index contributed by atoms with van der Waals surface area (Å²) in [6, 6.07) is -0.174. The van der Waals surface area contributed by atoms with Crippen LogP contribution in [0.5, 0.6) is 0 Å². The lowest BCUT2D eigenvalue weighted by Gasteiger charge is -2.19. The number of rotatable bonds is 0. The first-order valence-corrected chi connectivity index (χ1v) is 3.27. The second kappa shape index (κ2) is 2.90. The van der Waals surface area contributed by atoms with E-state index in [-0.39, 0.29) is 11.6 Å². The summed E-state index contributed by atoms with van der Waals surface area (Å²) in [7, 11) is 3.38. The third kappa shape index (κ3) is 4.18. The predicted octanol–water partition coefficient (Wildman–Crippen LogP) is 1.07. The first kappa shape index (κ1) is 9.27. The Balaban J connectivity index is 3.81. The van der Waals surface area contributed by atoms with Crippen molar-refractivity contribution in [2.75, 3.05) is 14.1 Å². The standard InChI is InChI=1S/C7H15N2O/c1-7(2,3)8-6(10)9(4)5/h1-5H3. The topological polar surface area (TPSA) is 34.4 Å². The summed E-state index contributed by atoms with van der Waals surface area (Å²) in [5.74, 6) is 0. The molecule has 0 aliphatic carbocycles. The molecule has 0 heterocycles. The van der Waals surface area contributed by atoms with E-state index in [9.17, 15) is 4.79 Å². The molecule has 0 atom stereocenters. The Kier molecular flexibility index (Phi) is 2.69. The van der Waals surface area contributed by atoms with Crippen molar-refractivity contribution in [3.05, 3.63) is 0 Å². The smallest absolute Gasteiger partial charge is 0.329 e. The van der Waals surface area contributed by atoms with Gasteiger partial charge in [0.25, 0.3) is 0 Å². The highest BCUT2D eigenvalue weighted by Crippen LogP contribution is 2.01. The van der Waals surface area contributed by atoms with Crippen molar-refractivity contribution in [2.45, 2.75) is 26.3 Å². The van der Waals surface area contributed by atoms with Gasteiger partial charge in [-0.3, -0.25) is 0 Å². The van der Waals surface area contributed by atoms with Crippen LogP contribution in [0.4, 0.5) is 4.79 Å². The summed E-state index contributed by atoms with van der Waals surface area (Å²) in [4.78, 5) is 12.4. The van der Waals surface area contributed by atoms with E-state index in [1.165, 1.54) is 4.90 Å². The molecule has 0 rings (SSSR count). The zero-order valence-electron chi connectivity index (χ0n) is 7.30. The number of nitrogens with zero attached hydrogens (tertiary/aromatic N) is 2. The minimum Gasteiger partial charge on any atom is -0.329 e. The molecule has 3 heteroatoms. The number of hydrogen-bond acceptors (Lipinski definition) is 1. The van der Waals surface area contributed by atoms with Gasteiger partial charge < -0.3 is 4.90 Å². The Labute approximate surface area is 62.4 Å². The van der Waals surface area contributed by atoms with E-state index in [4.69, 9.17) is 0 Å². The Morgan fingerprint density at radius 1 is 1.30 bits per heavy atom. The van der Waals surface area contributed by atoms with Crippen LogP contribution in [0.3, 0.4) is 0 Å². The van der Waals surface area contributed by atoms with E-state index >= 15 is 0 Å². The fourth-order valence-corrected chi connectivity index (χ4v) is 0.387. The van der Waals surface area contributed by atoms with Gasteiger partial charge in [-0.2, -0.15) is 0 Å². The van der Waals surface area contributed by atoms with Crippen LogP contribution < -0.4 is 5.32 Å².